The van der Waals surface area contributed by atoms with Gasteiger partial charge in [-0.05, 0) is 18.2 Å². The lowest BCUT2D eigenvalue weighted by Crippen LogP contribution is -1.90. The van der Waals surface area contributed by atoms with E-state index in [4.69, 9.17) is 5.73 Å². The fourth-order valence-electron chi connectivity index (χ4n) is 3.39. The number of fused-ring (bicyclic) bond motifs is 7. The molecule has 3 nitrogen and oxygen atoms in total. The molecule has 2 heterocycles. The van der Waals surface area contributed by atoms with Gasteiger partial charge in [0.2, 0.25) is 0 Å². The molecule has 0 aliphatic rings. The first kappa shape index (κ1) is 11.6. The molecule has 22 heavy (non-hydrogen) atoms. The SMILES string of the molecule is Nc1cccc2cnc3ccc4c5ccccc5[nH]c4c3c12. The van der Waals surface area contributed by atoms with Gasteiger partial charge in [-0.1, -0.05) is 36.4 Å². The minimum atomic E-state index is 0.788. The van der Waals surface area contributed by atoms with E-state index in [1.165, 1.54) is 10.8 Å². The lowest BCUT2D eigenvalue weighted by atomic mass is 10.0. The molecule has 0 aliphatic carbocycles. The zero-order valence-electron chi connectivity index (χ0n) is 11.8. The number of rotatable bonds is 0. The molecule has 3 heteroatoms. The summed E-state index contributed by atoms with van der Waals surface area (Å²) in [4.78, 5) is 8.14. The van der Waals surface area contributed by atoms with E-state index in [-0.39, 0.29) is 0 Å². The van der Waals surface area contributed by atoms with Gasteiger partial charge in [0.25, 0.3) is 0 Å². The number of aromatic nitrogens is 2. The van der Waals surface area contributed by atoms with E-state index in [1.807, 2.05) is 24.4 Å². The highest BCUT2D eigenvalue weighted by atomic mass is 14.7. The van der Waals surface area contributed by atoms with Crippen LogP contribution >= 0.6 is 0 Å². The number of para-hydroxylation sites is 1. The molecule has 5 aromatic rings. The molecule has 0 saturated heterocycles. The van der Waals surface area contributed by atoms with Gasteiger partial charge in [0, 0.05) is 44.3 Å². The Hall–Kier alpha value is -3.07. The van der Waals surface area contributed by atoms with Crippen LogP contribution in [0, 0.1) is 0 Å². The molecule has 0 bridgehead atoms. The Bertz CT molecular complexity index is 1190. The zero-order chi connectivity index (χ0) is 14.7. The first-order chi connectivity index (χ1) is 10.8. The summed E-state index contributed by atoms with van der Waals surface area (Å²) in [6, 6.07) is 18.5. The molecule has 0 radical (unpaired) electrons. The predicted octanol–water partition coefficient (Wildman–Crippen LogP) is 4.60. The third-order valence-electron chi connectivity index (χ3n) is 4.38. The van der Waals surface area contributed by atoms with Gasteiger partial charge in [-0.25, -0.2) is 0 Å². The fourth-order valence-corrected chi connectivity index (χ4v) is 3.39. The number of hydrogen-bond donors (Lipinski definition) is 2. The van der Waals surface area contributed by atoms with Crippen molar-refractivity contribution in [3.8, 4) is 0 Å². The van der Waals surface area contributed by atoms with Crippen molar-refractivity contribution in [2.45, 2.75) is 0 Å². The predicted molar refractivity (Wildman–Crippen MR) is 93.0 cm³/mol. The van der Waals surface area contributed by atoms with Crippen LogP contribution in [-0.4, -0.2) is 9.97 Å². The number of pyridine rings is 1. The summed E-state index contributed by atoms with van der Waals surface area (Å²) < 4.78 is 0. The number of nitrogens with zero attached hydrogens (tertiary/aromatic N) is 1. The maximum atomic E-state index is 6.27. The first-order valence-electron chi connectivity index (χ1n) is 7.29. The molecular formula is C19H13N3. The summed E-state index contributed by atoms with van der Waals surface area (Å²) in [5, 5.41) is 5.68. The van der Waals surface area contributed by atoms with Gasteiger partial charge in [-0.3, -0.25) is 4.98 Å². The smallest absolute Gasteiger partial charge is 0.0730 e. The average molecular weight is 283 g/mol. The lowest BCUT2D eigenvalue weighted by Gasteiger charge is -2.07. The Kier molecular flexibility index (Phi) is 2.09. The largest absolute Gasteiger partial charge is 0.398 e. The molecule has 3 N–H and O–H groups in total. The van der Waals surface area contributed by atoms with E-state index < -0.39 is 0 Å². The molecule has 3 aromatic carbocycles. The van der Waals surface area contributed by atoms with Crippen molar-refractivity contribution in [3.05, 3.63) is 60.8 Å². The van der Waals surface area contributed by atoms with Crippen molar-refractivity contribution in [2.75, 3.05) is 5.73 Å². The van der Waals surface area contributed by atoms with Gasteiger partial charge < -0.3 is 10.7 Å². The number of H-pyrrole nitrogens is 1. The normalized spacial score (nSPS) is 11.8. The summed E-state index contributed by atoms with van der Waals surface area (Å²) in [6.45, 7) is 0. The van der Waals surface area contributed by atoms with E-state index in [2.05, 4.69) is 46.4 Å². The molecule has 0 saturated carbocycles. The summed E-state index contributed by atoms with van der Waals surface area (Å²) in [5.74, 6) is 0. The zero-order valence-corrected chi connectivity index (χ0v) is 11.8. The van der Waals surface area contributed by atoms with Crippen LogP contribution in [-0.2, 0) is 0 Å². The molecular weight excluding hydrogens is 270 g/mol. The highest BCUT2D eigenvalue weighted by Gasteiger charge is 2.12. The van der Waals surface area contributed by atoms with Gasteiger partial charge >= 0.3 is 0 Å². The first-order valence-corrected chi connectivity index (χ1v) is 7.29. The van der Waals surface area contributed by atoms with E-state index >= 15 is 0 Å². The highest BCUT2D eigenvalue weighted by molar-refractivity contribution is 6.25. The lowest BCUT2D eigenvalue weighted by molar-refractivity contribution is 1.45. The monoisotopic (exact) mass is 283 g/mol. The third kappa shape index (κ3) is 1.37. The molecule has 0 amide bonds. The molecule has 0 atom stereocenters. The second kappa shape index (κ2) is 3.98. The number of nitrogens with two attached hydrogens (primary N) is 1. The number of nitrogens with one attached hydrogen (secondary N) is 1. The quantitative estimate of drug-likeness (QED) is 0.322. The van der Waals surface area contributed by atoms with E-state index in [0.717, 1.165) is 38.4 Å². The van der Waals surface area contributed by atoms with Gasteiger partial charge in [-0.2, -0.15) is 0 Å². The van der Waals surface area contributed by atoms with E-state index in [1.54, 1.807) is 0 Å². The average Bonchev–Trinajstić information content (AvgIpc) is 2.93. The second-order valence-corrected chi connectivity index (χ2v) is 5.62. The van der Waals surface area contributed by atoms with Crippen molar-refractivity contribution < 1.29 is 0 Å². The van der Waals surface area contributed by atoms with Crippen molar-refractivity contribution in [1.29, 1.82) is 0 Å². The number of hydrogen-bond acceptors (Lipinski definition) is 2. The molecule has 0 aliphatic heterocycles. The Labute approximate surface area is 126 Å². The Morgan fingerprint density at radius 3 is 2.68 bits per heavy atom. The minimum absolute atomic E-state index is 0.788. The van der Waals surface area contributed by atoms with E-state index in [0.29, 0.717) is 0 Å². The van der Waals surface area contributed by atoms with Crippen LogP contribution in [0.3, 0.4) is 0 Å². The maximum Gasteiger partial charge on any atom is 0.0730 e. The second-order valence-electron chi connectivity index (χ2n) is 5.62. The Morgan fingerprint density at radius 1 is 0.818 bits per heavy atom. The van der Waals surface area contributed by atoms with Crippen molar-refractivity contribution >= 4 is 49.2 Å². The summed E-state index contributed by atoms with van der Waals surface area (Å²) in [5.41, 5.74) is 10.3. The summed E-state index contributed by atoms with van der Waals surface area (Å²) in [7, 11) is 0. The minimum Gasteiger partial charge on any atom is -0.398 e. The van der Waals surface area contributed by atoms with Crippen LogP contribution < -0.4 is 5.73 Å². The molecule has 5 rings (SSSR count). The number of nitrogen functional groups attached to an aromatic ring is 1. The summed E-state index contributed by atoms with van der Waals surface area (Å²) in [6.07, 6.45) is 1.89. The van der Waals surface area contributed by atoms with Gasteiger partial charge in [0.15, 0.2) is 0 Å². The van der Waals surface area contributed by atoms with Crippen LogP contribution in [0.2, 0.25) is 0 Å². The van der Waals surface area contributed by atoms with Gasteiger partial charge in [0.05, 0.1) is 11.0 Å². The Balaban J connectivity index is 2.16. The van der Waals surface area contributed by atoms with E-state index in [9.17, 15) is 0 Å². The fraction of sp³-hybridized carbons (Fsp3) is 0. The molecule has 104 valence electrons. The topological polar surface area (TPSA) is 54.7 Å². The standard InChI is InChI=1S/C19H13N3/c20-14-6-3-4-11-10-21-16-9-8-13-12-5-1-2-7-15(12)22-19(13)18(16)17(11)14/h1-10,22H,20H2. The highest BCUT2D eigenvalue weighted by Crippen LogP contribution is 2.36. The molecule has 2 aromatic heterocycles. The Morgan fingerprint density at radius 2 is 1.73 bits per heavy atom. The molecule has 0 spiro atoms. The number of benzene rings is 3. The van der Waals surface area contributed by atoms with Crippen LogP contribution in [0.25, 0.3) is 43.5 Å². The van der Waals surface area contributed by atoms with Gasteiger partial charge in [0.1, 0.15) is 0 Å². The molecule has 0 fully saturated rings. The van der Waals surface area contributed by atoms with Crippen molar-refractivity contribution in [3.63, 3.8) is 0 Å². The van der Waals surface area contributed by atoms with Crippen LogP contribution in [0.15, 0.2) is 60.8 Å². The summed E-state index contributed by atoms with van der Waals surface area (Å²) >= 11 is 0. The third-order valence-corrected chi connectivity index (χ3v) is 4.38. The van der Waals surface area contributed by atoms with Crippen LogP contribution in [0.5, 0.6) is 0 Å². The number of anilines is 1. The number of aromatic amines is 1. The van der Waals surface area contributed by atoms with Crippen LogP contribution in [0.4, 0.5) is 5.69 Å². The van der Waals surface area contributed by atoms with Crippen molar-refractivity contribution in [2.24, 2.45) is 0 Å². The van der Waals surface area contributed by atoms with Gasteiger partial charge in [-0.15, -0.1) is 0 Å². The van der Waals surface area contributed by atoms with Crippen molar-refractivity contribution in [1.82, 2.24) is 9.97 Å². The van der Waals surface area contributed by atoms with Crippen LogP contribution in [0.1, 0.15) is 0 Å². The molecule has 0 unspecified atom stereocenters. The maximum absolute atomic E-state index is 6.27.